The summed E-state index contributed by atoms with van der Waals surface area (Å²) in [5.41, 5.74) is 0.774. The van der Waals surface area contributed by atoms with Gasteiger partial charge in [0.25, 0.3) is 0 Å². The largest absolute Gasteiger partial charge is 0.367 e. The summed E-state index contributed by atoms with van der Waals surface area (Å²) in [6, 6.07) is 6.07. The van der Waals surface area contributed by atoms with Crippen molar-refractivity contribution in [3.8, 4) is 0 Å². The van der Waals surface area contributed by atoms with Crippen LogP contribution in [0.1, 0.15) is 12.8 Å². The van der Waals surface area contributed by atoms with E-state index < -0.39 is 0 Å². The molecule has 0 bridgehead atoms. The number of nitrogens with zero attached hydrogens (tertiary/aromatic N) is 2. The minimum Gasteiger partial charge on any atom is -0.367 e. The molecule has 1 aliphatic carbocycles. The van der Waals surface area contributed by atoms with Crippen LogP contribution in [0.3, 0.4) is 0 Å². The lowest BCUT2D eigenvalue weighted by atomic mass is 10.2. The van der Waals surface area contributed by atoms with Crippen molar-refractivity contribution < 1.29 is 0 Å². The van der Waals surface area contributed by atoms with Crippen molar-refractivity contribution in [2.45, 2.75) is 18.9 Å². The fourth-order valence-electron chi connectivity index (χ4n) is 1.61. The van der Waals surface area contributed by atoms with Gasteiger partial charge in [-0.15, -0.1) is 0 Å². The number of halogens is 2. The zero-order valence-electron chi connectivity index (χ0n) is 8.37. The van der Waals surface area contributed by atoms with Crippen LogP contribution in [0.2, 0.25) is 10.3 Å². The first-order valence-corrected chi connectivity index (χ1v) is 5.87. The lowest BCUT2D eigenvalue weighted by Gasteiger charge is -2.07. The smallest absolute Gasteiger partial charge is 0.224 e. The maximum absolute atomic E-state index is 5.92. The van der Waals surface area contributed by atoms with Gasteiger partial charge in [-0.2, -0.15) is 0 Å². The molecule has 0 saturated heterocycles. The van der Waals surface area contributed by atoms with E-state index >= 15 is 0 Å². The van der Waals surface area contributed by atoms with Gasteiger partial charge in [0.2, 0.25) is 5.28 Å². The number of hydrogen-bond donors (Lipinski definition) is 1. The Morgan fingerprint density at radius 3 is 2.75 bits per heavy atom. The van der Waals surface area contributed by atoms with Crippen LogP contribution in [0.5, 0.6) is 0 Å². The number of aromatic nitrogens is 2. The fraction of sp³-hybridized carbons (Fsp3) is 0.273. The number of rotatable bonds is 2. The quantitative estimate of drug-likeness (QED) is 0.833. The summed E-state index contributed by atoms with van der Waals surface area (Å²) in [6.45, 7) is 0. The average molecular weight is 254 g/mol. The molecule has 0 unspecified atom stereocenters. The second-order valence-corrected chi connectivity index (χ2v) is 4.70. The van der Waals surface area contributed by atoms with Crippen LogP contribution in [0, 0.1) is 0 Å². The molecule has 16 heavy (non-hydrogen) atoms. The van der Waals surface area contributed by atoms with Crippen LogP contribution < -0.4 is 5.32 Å². The first-order chi connectivity index (χ1) is 7.72. The van der Waals surface area contributed by atoms with Crippen molar-refractivity contribution in [3.63, 3.8) is 0 Å². The van der Waals surface area contributed by atoms with Crippen LogP contribution in [-0.2, 0) is 0 Å². The SMILES string of the molecule is Clc1ccc2c(NC3CC3)nc(Cl)nc2c1. The van der Waals surface area contributed by atoms with Crippen molar-refractivity contribution >= 4 is 39.9 Å². The molecule has 0 radical (unpaired) electrons. The van der Waals surface area contributed by atoms with Gasteiger partial charge >= 0.3 is 0 Å². The van der Waals surface area contributed by atoms with Crippen molar-refractivity contribution in [3.05, 3.63) is 28.5 Å². The summed E-state index contributed by atoms with van der Waals surface area (Å²) in [5, 5.41) is 5.20. The zero-order valence-corrected chi connectivity index (χ0v) is 9.89. The highest BCUT2D eigenvalue weighted by Crippen LogP contribution is 2.29. The number of anilines is 1. The van der Waals surface area contributed by atoms with E-state index in [0.29, 0.717) is 11.1 Å². The molecule has 1 saturated carbocycles. The van der Waals surface area contributed by atoms with E-state index in [9.17, 15) is 0 Å². The van der Waals surface area contributed by atoms with Gasteiger partial charge in [-0.1, -0.05) is 11.6 Å². The van der Waals surface area contributed by atoms with E-state index in [4.69, 9.17) is 23.2 Å². The van der Waals surface area contributed by atoms with E-state index in [-0.39, 0.29) is 5.28 Å². The maximum Gasteiger partial charge on any atom is 0.224 e. The number of hydrogen-bond acceptors (Lipinski definition) is 3. The van der Waals surface area contributed by atoms with Gasteiger partial charge in [0.15, 0.2) is 0 Å². The molecular formula is C11H9Cl2N3. The molecule has 3 nitrogen and oxygen atoms in total. The van der Waals surface area contributed by atoms with Crippen LogP contribution in [0.4, 0.5) is 5.82 Å². The summed E-state index contributed by atoms with van der Waals surface area (Å²) >= 11 is 11.8. The van der Waals surface area contributed by atoms with Crippen molar-refractivity contribution in [1.29, 1.82) is 0 Å². The molecule has 1 fully saturated rings. The standard InChI is InChI=1S/C11H9Cl2N3/c12-6-1-4-8-9(5-6)15-11(13)16-10(8)14-7-2-3-7/h1,4-5,7H,2-3H2,(H,14,15,16). The van der Waals surface area contributed by atoms with E-state index in [0.717, 1.165) is 16.7 Å². The van der Waals surface area contributed by atoms with Crippen molar-refractivity contribution in [2.75, 3.05) is 5.32 Å². The van der Waals surface area contributed by atoms with Crippen LogP contribution >= 0.6 is 23.2 Å². The molecule has 0 atom stereocenters. The molecular weight excluding hydrogens is 245 g/mol. The summed E-state index contributed by atoms with van der Waals surface area (Å²) in [5.74, 6) is 0.800. The number of nitrogens with one attached hydrogen (secondary N) is 1. The third-order valence-corrected chi connectivity index (χ3v) is 2.95. The van der Waals surface area contributed by atoms with E-state index in [2.05, 4.69) is 15.3 Å². The zero-order chi connectivity index (χ0) is 11.1. The monoisotopic (exact) mass is 253 g/mol. The second kappa shape index (κ2) is 3.75. The molecule has 0 aliphatic heterocycles. The van der Waals surface area contributed by atoms with E-state index in [1.54, 1.807) is 6.07 Å². The Morgan fingerprint density at radius 2 is 2.00 bits per heavy atom. The molecule has 0 amide bonds. The highest BCUT2D eigenvalue weighted by atomic mass is 35.5. The lowest BCUT2D eigenvalue weighted by molar-refractivity contribution is 1.10. The summed E-state index contributed by atoms with van der Waals surface area (Å²) in [7, 11) is 0. The van der Waals surface area contributed by atoms with Crippen LogP contribution in [-0.4, -0.2) is 16.0 Å². The van der Waals surface area contributed by atoms with Gasteiger partial charge in [-0.3, -0.25) is 0 Å². The highest BCUT2D eigenvalue weighted by Gasteiger charge is 2.22. The van der Waals surface area contributed by atoms with Gasteiger partial charge in [0.05, 0.1) is 5.52 Å². The Morgan fingerprint density at radius 1 is 1.19 bits per heavy atom. The van der Waals surface area contributed by atoms with Gasteiger partial charge in [-0.05, 0) is 42.6 Å². The molecule has 1 aliphatic rings. The van der Waals surface area contributed by atoms with Crippen LogP contribution in [0.25, 0.3) is 10.9 Å². The van der Waals surface area contributed by atoms with Crippen molar-refractivity contribution in [2.24, 2.45) is 0 Å². The van der Waals surface area contributed by atoms with E-state index in [1.807, 2.05) is 12.1 Å². The van der Waals surface area contributed by atoms with Crippen LogP contribution in [0.15, 0.2) is 18.2 Å². The summed E-state index contributed by atoms with van der Waals surface area (Å²) in [4.78, 5) is 8.37. The predicted molar refractivity (Wildman–Crippen MR) is 66.2 cm³/mol. The summed E-state index contributed by atoms with van der Waals surface area (Å²) < 4.78 is 0. The second-order valence-electron chi connectivity index (χ2n) is 3.92. The number of fused-ring (bicyclic) bond motifs is 1. The molecule has 5 heteroatoms. The Kier molecular flexibility index (Phi) is 2.37. The average Bonchev–Trinajstić information content (AvgIpc) is 3.00. The Labute approximate surface area is 103 Å². The molecule has 0 spiro atoms. The summed E-state index contributed by atoms with van der Waals surface area (Å²) in [6.07, 6.45) is 2.38. The first-order valence-electron chi connectivity index (χ1n) is 5.12. The van der Waals surface area contributed by atoms with Gasteiger partial charge in [-0.25, -0.2) is 9.97 Å². The van der Waals surface area contributed by atoms with Gasteiger partial charge < -0.3 is 5.32 Å². The molecule has 1 N–H and O–H groups in total. The molecule has 82 valence electrons. The topological polar surface area (TPSA) is 37.8 Å². The minimum atomic E-state index is 0.248. The molecule has 1 heterocycles. The lowest BCUT2D eigenvalue weighted by Crippen LogP contribution is -2.04. The Balaban J connectivity index is 2.16. The first kappa shape index (κ1) is 10.1. The fourth-order valence-corrected chi connectivity index (χ4v) is 1.95. The Hall–Kier alpha value is -1.06. The minimum absolute atomic E-state index is 0.248. The molecule has 1 aromatic carbocycles. The third kappa shape index (κ3) is 1.93. The molecule has 2 aromatic rings. The highest BCUT2D eigenvalue weighted by molar-refractivity contribution is 6.31. The van der Waals surface area contributed by atoms with Gasteiger partial charge in [0.1, 0.15) is 5.82 Å². The third-order valence-electron chi connectivity index (χ3n) is 2.55. The Bertz CT molecular complexity index is 547. The normalized spacial score (nSPS) is 15.4. The molecule has 1 aromatic heterocycles. The predicted octanol–water partition coefficient (Wildman–Crippen LogP) is 3.51. The van der Waals surface area contributed by atoms with Crippen molar-refractivity contribution in [1.82, 2.24) is 9.97 Å². The maximum atomic E-state index is 5.92. The van der Waals surface area contributed by atoms with Gasteiger partial charge in [0, 0.05) is 16.5 Å². The number of benzene rings is 1. The molecule has 3 rings (SSSR count). The van der Waals surface area contributed by atoms with E-state index in [1.165, 1.54) is 12.8 Å².